The third kappa shape index (κ3) is 4.35. The highest BCUT2D eigenvalue weighted by molar-refractivity contribution is 6.02. The summed E-state index contributed by atoms with van der Waals surface area (Å²) in [6.45, 7) is 4.53. The normalized spacial score (nSPS) is 21.9. The lowest BCUT2D eigenvalue weighted by Gasteiger charge is -2.37. The summed E-state index contributed by atoms with van der Waals surface area (Å²) in [4.78, 5) is 28.5. The first-order valence-corrected chi connectivity index (χ1v) is 11.2. The molecule has 2 aliphatic rings. The number of fused-ring (bicyclic) bond motifs is 1. The Labute approximate surface area is 198 Å². The first-order valence-electron chi connectivity index (χ1n) is 11.2. The van der Waals surface area contributed by atoms with Crippen molar-refractivity contribution < 1.29 is 19.1 Å². The minimum absolute atomic E-state index is 0.179. The van der Waals surface area contributed by atoms with Gasteiger partial charge in [-0.25, -0.2) is 9.18 Å². The Morgan fingerprint density at radius 3 is 2.41 bits per heavy atom. The van der Waals surface area contributed by atoms with Gasteiger partial charge in [0, 0.05) is 18.7 Å². The molecular weight excluding hydrogens is 437 g/mol. The Hall–Kier alpha value is -3.46. The van der Waals surface area contributed by atoms with E-state index in [0.717, 1.165) is 11.3 Å². The monoisotopic (exact) mass is 467 g/mol. The smallest absolute Gasteiger partial charge is 0.408 e. The fraction of sp³-hybridized carbons (Fsp3) is 0.400. The fourth-order valence-corrected chi connectivity index (χ4v) is 4.85. The van der Waals surface area contributed by atoms with Gasteiger partial charge in [-0.1, -0.05) is 30.3 Å². The number of rotatable bonds is 6. The van der Waals surface area contributed by atoms with E-state index in [4.69, 9.17) is 5.10 Å². The molecule has 9 heteroatoms. The molecule has 0 aromatic heterocycles. The van der Waals surface area contributed by atoms with E-state index >= 15 is 0 Å². The van der Waals surface area contributed by atoms with E-state index in [1.54, 1.807) is 0 Å². The maximum absolute atomic E-state index is 13.4. The van der Waals surface area contributed by atoms with Crippen LogP contribution in [0.1, 0.15) is 35.8 Å². The molecule has 0 aliphatic carbocycles. The molecule has 180 valence electrons. The van der Waals surface area contributed by atoms with Crippen LogP contribution >= 0.6 is 0 Å². The second-order valence-electron chi connectivity index (χ2n) is 9.54. The number of likely N-dealkylation sites (N-methyl/N-ethyl adjacent to an activating group) is 1. The number of hydrogen-bond acceptors (Lipinski definition) is 5. The summed E-state index contributed by atoms with van der Waals surface area (Å²) in [7, 11) is 3.95. The summed E-state index contributed by atoms with van der Waals surface area (Å²) < 4.78 is 13.4. The van der Waals surface area contributed by atoms with Crippen molar-refractivity contribution in [3.05, 3.63) is 71.5 Å². The summed E-state index contributed by atoms with van der Waals surface area (Å²) in [5, 5.41) is 19.7. The molecule has 2 aromatic rings. The molecule has 0 bridgehead atoms. The van der Waals surface area contributed by atoms with E-state index < -0.39 is 23.6 Å². The number of nitrogens with zero attached hydrogens (tertiary/aromatic N) is 4. The Kier molecular flexibility index (Phi) is 6.31. The molecular formula is C25H30FN5O3. The van der Waals surface area contributed by atoms with Crippen LogP contribution in [0.25, 0.3) is 0 Å². The fourth-order valence-electron chi connectivity index (χ4n) is 4.85. The Balaban J connectivity index is 1.74. The van der Waals surface area contributed by atoms with Crippen molar-refractivity contribution in [2.75, 3.05) is 27.2 Å². The second kappa shape index (κ2) is 9.06. The molecule has 2 heterocycles. The number of hydrogen-bond donors (Lipinski definition) is 2. The summed E-state index contributed by atoms with van der Waals surface area (Å²) in [5.74, 6) is -1.10. The highest BCUT2D eigenvalue weighted by atomic mass is 19.1. The third-order valence-corrected chi connectivity index (χ3v) is 6.58. The molecule has 1 fully saturated rings. The van der Waals surface area contributed by atoms with E-state index in [0.29, 0.717) is 12.1 Å². The predicted octanol–water partition coefficient (Wildman–Crippen LogP) is 3.24. The van der Waals surface area contributed by atoms with E-state index in [-0.39, 0.29) is 24.4 Å². The zero-order chi connectivity index (χ0) is 24.6. The van der Waals surface area contributed by atoms with E-state index in [2.05, 4.69) is 10.2 Å². The van der Waals surface area contributed by atoms with Crippen LogP contribution in [0.5, 0.6) is 0 Å². The van der Waals surface area contributed by atoms with Gasteiger partial charge in [0.25, 0.3) is 5.91 Å². The van der Waals surface area contributed by atoms with Crippen LogP contribution in [0.4, 0.5) is 9.18 Å². The number of likely N-dealkylation sites (tertiary alicyclic amines) is 1. The van der Waals surface area contributed by atoms with Gasteiger partial charge in [-0.2, -0.15) is 5.10 Å². The molecule has 3 atom stereocenters. The summed E-state index contributed by atoms with van der Waals surface area (Å²) in [5.41, 5.74) is 1.27. The summed E-state index contributed by atoms with van der Waals surface area (Å²) in [6.07, 6.45) is -1.59. The zero-order valence-corrected chi connectivity index (χ0v) is 19.8. The van der Waals surface area contributed by atoms with Crippen molar-refractivity contribution in [1.29, 1.82) is 0 Å². The number of benzene rings is 2. The lowest BCUT2D eigenvalue weighted by molar-refractivity contribution is 0.0629. The molecule has 2 aromatic carbocycles. The minimum Gasteiger partial charge on any atom is -0.465 e. The van der Waals surface area contributed by atoms with Crippen molar-refractivity contribution >= 4 is 17.7 Å². The first-order chi connectivity index (χ1) is 16.1. The quantitative estimate of drug-likeness (QED) is 0.681. The van der Waals surface area contributed by atoms with Crippen LogP contribution in [0.3, 0.4) is 0 Å². The molecule has 0 saturated carbocycles. The lowest BCUT2D eigenvalue weighted by Crippen LogP contribution is -2.51. The molecule has 8 nitrogen and oxygen atoms in total. The largest absolute Gasteiger partial charge is 0.465 e. The number of halogens is 1. The van der Waals surface area contributed by atoms with E-state index in [1.165, 1.54) is 29.2 Å². The van der Waals surface area contributed by atoms with Crippen molar-refractivity contribution in [1.82, 2.24) is 20.1 Å². The highest BCUT2D eigenvalue weighted by Gasteiger charge is 2.56. The van der Waals surface area contributed by atoms with Crippen LogP contribution in [-0.4, -0.2) is 76.5 Å². The molecule has 0 spiro atoms. The van der Waals surface area contributed by atoms with Crippen LogP contribution < -0.4 is 5.32 Å². The second-order valence-corrected chi connectivity index (χ2v) is 9.54. The van der Waals surface area contributed by atoms with Crippen LogP contribution in [0, 0.1) is 11.7 Å². The van der Waals surface area contributed by atoms with Crippen molar-refractivity contribution in [2.24, 2.45) is 11.0 Å². The van der Waals surface area contributed by atoms with Gasteiger partial charge in [0.2, 0.25) is 0 Å². The van der Waals surface area contributed by atoms with Gasteiger partial charge in [0.1, 0.15) is 12.0 Å². The third-order valence-electron chi connectivity index (χ3n) is 6.58. The minimum atomic E-state index is -1.02. The van der Waals surface area contributed by atoms with Crippen LogP contribution in [0.2, 0.25) is 0 Å². The van der Waals surface area contributed by atoms with Gasteiger partial charge in [0.05, 0.1) is 23.2 Å². The average Bonchev–Trinajstić information content (AvgIpc) is 3.27. The topological polar surface area (TPSA) is 88.5 Å². The Morgan fingerprint density at radius 1 is 1.18 bits per heavy atom. The van der Waals surface area contributed by atoms with Gasteiger partial charge in [0.15, 0.2) is 0 Å². The van der Waals surface area contributed by atoms with E-state index in [9.17, 15) is 19.1 Å². The molecule has 2 N–H and O–H groups in total. The number of carbonyl (C=O) groups is 2. The van der Waals surface area contributed by atoms with Crippen molar-refractivity contribution in [2.45, 2.75) is 31.6 Å². The highest BCUT2D eigenvalue weighted by Crippen LogP contribution is 2.41. The van der Waals surface area contributed by atoms with Gasteiger partial charge in [-0.15, -0.1) is 0 Å². The molecule has 0 radical (unpaired) electrons. The lowest BCUT2D eigenvalue weighted by atomic mass is 9.92. The molecule has 1 saturated heterocycles. The van der Waals surface area contributed by atoms with Crippen molar-refractivity contribution in [3.63, 3.8) is 0 Å². The molecule has 2 aliphatic heterocycles. The number of carboxylic acid groups (broad SMARTS) is 1. The van der Waals surface area contributed by atoms with Crippen LogP contribution in [-0.2, 0) is 0 Å². The van der Waals surface area contributed by atoms with Gasteiger partial charge in [-0.3, -0.25) is 14.7 Å². The number of hydrazone groups is 1. The van der Waals surface area contributed by atoms with Gasteiger partial charge >= 0.3 is 6.09 Å². The Bertz CT molecular complexity index is 1090. The van der Waals surface area contributed by atoms with Gasteiger partial charge in [-0.05, 0) is 57.8 Å². The maximum atomic E-state index is 13.4. The van der Waals surface area contributed by atoms with Gasteiger partial charge < -0.3 is 15.3 Å². The molecule has 2 unspecified atom stereocenters. The maximum Gasteiger partial charge on any atom is 0.408 e. The number of amides is 2. The standard InChI is InChI=1S/C25H30FN5O3/c1-25(2)21-19(14-30(25)24(33)34)22(27-23(32)17-10-12-18(26)13-11-17)31(28-21)20(15-29(3)4)16-8-6-5-7-9-16/h5-13,19-20,22H,14-15H2,1-4H3,(H,27,32)(H,33,34)/t19?,20-,22?/m1/s1. The molecule has 4 rings (SSSR count). The number of nitrogens with one attached hydrogen (secondary N) is 1. The average molecular weight is 468 g/mol. The van der Waals surface area contributed by atoms with Crippen molar-refractivity contribution in [3.8, 4) is 0 Å². The zero-order valence-electron chi connectivity index (χ0n) is 19.8. The molecule has 34 heavy (non-hydrogen) atoms. The molecule has 2 amide bonds. The predicted molar refractivity (Wildman–Crippen MR) is 127 cm³/mol. The number of carbonyl (C=O) groups excluding carboxylic acids is 1. The van der Waals surface area contributed by atoms with E-state index in [1.807, 2.05) is 63.3 Å². The van der Waals surface area contributed by atoms with Crippen LogP contribution in [0.15, 0.2) is 59.7 Å². The summed E-state index contributed by atoms with van der Waals surface area (Å²) in [6, 6.07) is 15.1. The Morgan fingerprint density at radius 2 is 1.82 bits per heavy atom. The first kappa shape index (κ1) is 23.7. The SMILES string of the molecule is CN(C)C[C@H](c1ccccc1)N1N=C2C(CN(C(=O)O)C2(C)C)C1NC(=O)c1ccc(F)cc1. The summed E-state index contributed by atoms with van der Waals surface area (Å²) >= 11 is 0.